The second-order valence-corrected chi connectivity index (χ2v) is 8.34. The van der Waals surface area contributed by atoms with Gasteiger partial charge >= 0.3 is 0 Å². The molecule has 0 aliphatic heterocycles. The van der Waals surface area contributed by atoms with Crippen LogP contribution in [0.25, 0.3) is 11.1 Å². The van der Waals surface area contributed by atoms with Gasteiger partial charge in [0.2, 0.25) is 5.82 Å². The molecule has 3 saturated carbocycles. The molecule has 3 fully saturated rings. The third-order valence-electron chi connectivity index (χ3n) is 6.78. The summed E-state index contributed by atoms with van der Waals surface area (Å²) in [6.07, 6.45) is 7.63. The average Bonchev–Trinajstić information content (AvgIpc) is 2.67. The van der Waals surface area contributed by atoms with E-state index < -0.39 is 11.6 Å². The summed E-state index contributed by atoms with van der Waals surface area (Å²) in [7, 11) is 0. The molecule has 0 heterocycles. The van der Waals surface area contributed by atoms with E-state index in [1.54, 1.807) is 13.0 Å². The molecular formula is C23H26F2O. The van der Waals surface area contributed by atoms with Gasteiger partial charge in [-0.15, -0.1) is 0 Å². The minimum atomic E-state index is -0.911. The Hall–Kier alpha value is -1.90. The second-order valence-electron chi connectivity index (χ2n) is 8.34. The zero-order valence-electron chi connectivity index (χ0n) is 15.6. The van der Waals surface area contributed by atoms with Gasteiger partial charge in [-0.25, -0.2) is 4.39 Å². The van der Waals surface area contributed by atoms with Crippen molar-refractivity contribution in [3.8, 4) is 16.9 Å². The smallest absolute Gasteiger partial charge is 0.201 e. The molecule has 3 aliphatic carbocycles. The molecule has 0 unspecified atom stereocenters. The molecule has 0 radical (unpaired) electrons. The molecule has 1 nitrogen and oxygen atoms in total. The van der Waals surface area contributed by atoms with E-state index in [4.69, 9.17) is 4.74 Å². The van der Waals surface area contributed by atoms with E-state index in [2.05, 4.69) is 19.1 Å². The van der Waals surface area contributed by atoms with Crippen LogP contribution in [0.2, 0.25) is 0 Å². The van der Waals surface area contributed by atoms with E-state index in [9.17, 15) is 8.78 Å². The monoisotopic (exact) mass is 356 g/mol. The average molecular weight is 356 g/mol. The van der Waals surface area contributed by atoms with Gasteiger partial charge in [-0.05, 0) is 79.5 Å². The van der Waals surface area contributed by atoms with Crippen LogP contribution in [0.4, 0.5) is 8.78 Å². The zero-order chi connectivity index (χ0) is 18.4. The lowest BCUT2D eigenvalue weighted by Crippen LogP contribution is -2.42. The molecule has 0 atom stereocenters. The highest BCUT2D eigenvalue weighted by molar-refractivity contribution is 5.66. The van der Waals surface area contributed by atoms with Crippen molar-refractivity contribution in [2.75, 3.05) is 6.61 Å². The minimum absolute atomic E-state index is 0.0308. The van der Waals surface area contributed by atoms with Gasteiger partial charge in [-0.3, -0.25) is 0 Å². The summed E-state index contributed by atoms with van der Waals surface area (Å²) in [5.41, 5.74) is 3.19. The molecule has 2 aromatic rings. The standard InChI is InChI=1S/C23H26F2O/c1-3-26-19-9-8-18(20(24)21(19)25)16-4-6-17(7-5-16)23-13-10-22(2,11-14-23)12-15-23/h4-9H,3,10-15H2,1-2H3. The summed E-state index contributed by atoms with van der Waals surface area (Å²) in [6, 6.07) is 11.2. The molecule has 0 saturated heterocycles. The molecule has 5 rings (SSSR count). The number of ether oxygens (including phenoxy) is 1. The number of fused-ring (bicyclic) bond motifs is 3. The summed E-state index contributed by atoms with van der Waals surface area (Å²) in [5, 5.41) is 0. The first-order valence-corrected chi connectivity index (χ1v) is 9.68. The summed E-state index contributed by atoms with van der Waals surface area (Å²) in [6.45, 7) is 4.48. The van der Waals surface area contributed by atoms with E-state index in [1.807, 2.05) is 12.1 Å². The van der Waals surface area contributed by atoms with Gasteiger partial charge in [0.25, 0.3) is 0 Å². The van der Waals surface area contributed by atoms with Crippen LogP contribution in [-0.4, -0.2) is 6.61 Å². The van der Waals surface area contributed by atoms with Crippen molar-refractivity contribution >= 4 is 0 Å². The predicted octanol–water partition coefficient (Wildman–Crippen LogP) is 6.64. The van der Waals surface area contributed by atoms with Crippen LogP contribution in [0.3, 0.4) is 0 Å². The normalized spacial score (nSPS) is 27.5. The molecular weight excluding hydrogens is 330 g/mol. The Balaban J connectivity index is 1.62. The summed E-state index contributed by atoms with van der Waals surface area (Å²) in [4.78, 5) is 0. The lowest BCUT2D eigenvalue weighted by Gasteiger charge is -2.52. The van der Waals surface area contributed by atoms with Crippen molar-refractivity contribution < 1.29 is 13.5 Å². The lowest BCUT2D eigenvalue weighted by molar-refractivity contribution is 0.0556. The first-order chi connectivity index (χ1) is 12.5. The van der Waals surface area contributed by atoms with Crippen LogP contribution in [0.1, 0.15) is 57.9 Å². The Morgan fingerprint density at radius 3 is 2.04 bits per heavy atom. The quantitative estimate of drug-likeness (QED) is 0.596. The van der Waals surface area contributed by atoms with E-state index in [0.717, 1.165) is 0 Å². The molecule has 138 valence electrons. The van der Waals surface area contributed by atoms with Crippen LogP contribution in [0.5, 0.6) is 5.75 Å². The fourth-order valence-corrected chi connectivity index (χ4v) is 4.83. The molecule has 2 bridgehead atoms. The van der Waals surface area contributed by atoms with Crippen molar-refractivity contribution in [1.82, 2.24) is 0 Å². The fraction of sp³-hybridized carbons (Fsp3) is 0.478. The van der Waals surface area contributed by atoms with Crippen LogP contribution in [0.15, 0.2) is 36.4 Å². The number of hydrogen-bond acceptors (Lipinski definition) is 1. The molecule has 26 heavy (non-hydrogen) atoms. The highest BCUT2D eigenvalue weighted by Crippen LogP contribution is 2.57. The highest BCUT2D eigenvalue weighted by atomic mass is 19.2. The van der Waals surface area contributed by atoms with Crippen molar-refractivity contribution in [1.29, 1.82) is 0 Å². The zero-order valence-corrected chi connectivity index (χ0v) is 15.6. The largest absolute Gasteiger partial charge is 0.491 e. The van der Waals surface area contributed by atoms with Gasteiger partial charge in [0.05, 0.1) is 6.61 Å². The highest BCUT2D eigenvalue weighted by Gasteiger charge is 2.46. The van der Waals surface area contributed by atoms with E-state index in [-0.39, 0.29) is 11.3 Å². The third kappa shape index (κ3) is 2.82. The van der Waals surface area contributed by atoms with Gasteiger partial charge in [-0.1, -0.05) is 31.2 Å². The maximum atomic E-state index is 14.5. The third-order valence-corrected chi connectivity index (χ3v) is 6.78. The molecule has 2 aromatic carbocycles. The first kappa shape index (κ1) is 17.5. The maximum Gasteiger partial charge on any atom is 0.201 e. The molecule has 0 aromatic heterocycles. The maximum absolute atomic E-state index is 14.5. The van der Waals surface area contributed by atoms with Gasteiger partial charge in [0.15, 0.2) is 11.6 Å². The molecule has 0 N–H and O–H groups in total. The van der Waals surface area contributed by atoms with E-state index in [0.29, 0.717) is 23.0 Å². The Labute approximate surface area is 154 Å². The number of halogens is 2. The van der Waals surface area contributed by atoms with Crippen molar-refractivity contribution in [3.63, 3.8) is 0 Å². The Morgan fingerprint density at radius 1 is 0.846 bits per heavy atom. The Morgan fingerprint density at radius 2 is 1.46 bits per heavy atom. The Kier molecular flexibility index (Phi) is 4.29. The van der Waals surface area contributed by atoms with Crippen molar-refractivity contribution in [3.05, 3.63) is 53.6 Å². The first-order valence-electron chi connectivity index (χ1n) is 9.68. The van der Waals surface area contributed by atoms with Crippen molar-refractivity contribution in [2.24, 2.45) is 5.41 Å². The van der Waals surface area contributed by atoms with Gasteiger partial charge in [0.1, 0.15) is 0 Å². The SMILES string of the molecule is CCOc1ccc(-c2ccc(C34CCC(C)(CC3)CC4)cc2)c(F)c1F. The van der Waals surface area contributed by atoms with Crippen LogP contribution in [0, 0.1) is 17.0 Å². The predicted molar refractivity (Wildman–Crippen MR) is 100 cm³/mol. The van der Waals surface area contributed by atoms with Crippen LogP contribution < -0.4 is 4.74 Å². The number of hydrogen-bond donors (Lipinski definition) is 0. The van der Waals surface area contributed by atoms with Gasteiger partial charge in [-0.2, -0.15) is 4.39 Å². The number of benzene rings is 2. The molecule has 3 heteroatoms. The minimum Gasteiger partial charge on any atom is -0.491 e. The second kappa shape index (κ2) is 6.37. The topological polar surface area (TPSA) is 9.23 Å². The van der Waals surface area contributed by atoms with Crippen LogP contribution >= 0.6 is 0 Å². The molecule has 3 aliphatic rings. The van der Waals surface area contributed by atoms with E-state index in [1.165, 1.54) is 50.2 Å². The summed E-state index contributed by atoms with van der Waals surface area (Å²) in [5.74, 6) is -1.78. The lowest BCUT2D eigenvalue weighted by atomic mass is 9.52. The summed E-state index contributed by atoms with van der Waals surface area (Å²) >= 11 is 0. The Bertz CT molecular complexity index is 785. The van der Waals surface area contributed by atoms with Crippen molar-refractivity contribution in [2.45, 2.75) is 57.8 Å². The number of rotatable bonds is 4. The van der Waals surface area contributed by atoms with E-state index >= 15 is 0 Å². The molecule has 0 spiro atoms. The summed E-state index contributed by atoms with van der Waals surface area (Å²) < 4.78 is 33.8. The van der Waals surface area contributed by atoms with Gasteiger partial charge < -0.3 is 4.74 Å². The molecule has 0 amide bonds. The van der Waals surface area contributed by atoms with Gasteiger partial charge in [0, 0.05) is 5.56 Å². The fourth-order valence-electron chi connectivity index (χ4n) is 4.83. The van der Waals surface area contributed by atoms with Crippen LogP contribution in [-0.2, 0) is 5.41 Å².